The summed E-state index contributed by atoms with van der Waals surface area (Å²) >= 11 is 0. The molecule has 0 amide bonds. The van der Waals surface area contributed by atoms with Crippen molar-refractivity contribution in [2.24, 2.45) is 5.73 Å². The van der Waals surface area contributed by atoms with Crippen LogP contribution in [0.25, 0.3) is 0 Å². The van der Waals surface area contributed by atoms with Crippen molar-refractivity contribution in [1.29, 1.82) is 0 Å². The topological polar surface area (TPSA) is 38.9 Å². The zero-order valence-electron chi connectivity index (χ0n) is 7.65. The third kappa shape index (κ3) is 2.43. The predicted molar refractivity (Wildman–Crippen MR) is 42.0 cm³/mol. The van der Waals surface area contributed by atoms with Gasteiger partial charge in [-0.05, 0) is 11.6 Å². The molecule has 0 fully saturated rings. The summed E-state index contributed by atoms with van der Waals surface area (Å²) in [6, 6.07) is 0.331. The molecule has 0 saturated heterocycles. The molecule has 8 heteroatoms. The smallest absolute Gasteiger partial charge is 0.326 e. The summed E-state index contributed by atoms with van der Waals surface area (Å²) in [5, 5.41) is 0. The van der Waals surface area contributed by atoms with Gasteiger partial charge in [-0.2, -0.15) is 13.2 Å². The Morgan fingerprint density at radius 3 is 2.25 bits per heavy atom. The number of pyridine rings is 1. The molecule has 2 N–H and O–H groups in total. The van der Waals surface area contributed by atoms with E-state index >= 15 is 0 Å². The third-order valence-corrected chi connectivity index (χ3v) is 1.78. The zero-order valence-corrected chi connectivity index (χ0v) is 7.65. The van der Waals surface area contributed by atoms with Gasteiger partial charge in [-0.25, -0.2) is 18.2 Å². The van der Waals surface area contributed by atoms with Gasteiger partial charge in [-0.3, -0.25) is 0 Å². The molecule has 0 atom stereocenters. The molecule has 0 radical (unpaired) electrons. The van der Waals surface area contributed by atoms with Gasteiger partial charge < -0.3 is 5.73 Å². The highest BCUT2D eigenvalue weighted by molar-refractivity contribution is 5.26. The summed E-state index contributed by atoms with van der Waals surface area (Å²) < 4.78 is 74.0. The molecule has 0 aromatic carbocycles. The maximum absolute atomic E-state index is 12.9. The number of nitrogens with two attached hydrogens (primary N) is 1. The van der Waals surface area contributed by atoms with Crippen LogP contribution in [0.2, 0.25) is 0 Å². The van der Waals surface area contributed by atoms with Crippen molar-refractivity contribution in [1.82, 2.24) is 4.98 Å². The summed E-state index contributed by atoms with van der Waals surface area (Å²) in [6.45, 7) is -0.512. The molecule has 2 nitrogen and oxygen atoms in total. The van der Waals surface area contributed by atoms with E-state index in [-0.39, 0.29) is 0 Å². The quantitative estimate of drug-likeness (QED) is 0.812. The van der Waals surface area contributed by atoms with Crippen molar-refractivity contribution < 1.29 is 26.3 Å². The van der Waals surface area contributed by atoms with Crippen LogP contribution in [0.5, 0.6) is 0 Å². The lowest BCUT2D eigenvalue weighted by molar-refractivity contribution is -0.144. The Morgan fingerprint density at radius 2 is 1.88 bits per heavy atom. The SMILES string of the molecule is NCc1cc(F)c(C(F)(F)F)nc1C(F)F. The summed E-state index contributed by atoms with van der Waals surface area (Å²) in [5.41, 5.74) is 1.45. The van der Waals surface area contributed by atoms with Crippen LogP contribution in [0.3, 0.4) is 0 Å². The lowest BCUT2D eigenvalue weighted by atomic mass is 10.1. The highest BCUT2D eigenvalue weighted by Gasteiger charge is 2.37. The minimum absolute atomic E-state index is 0.331. The summed E-state index contributed by atoms with van der Waals surface area (Å²) in [5.74, 6) is -1.71. The maximum Gasteiger partial charge on any atom is 0.436 e. The minimum atomic E-state index is -5.11. The largest absolute Gasteiger partial charge is 0.436 e. The fourth-order valence-electron chi connectivity index (χ4n) is 1.09. The summed E-state index contributed by atoms with van der Waals surface area (Å²) in [4.78, 5) is 2.58. The second-order valence-corrected chi connectivity index (χ2v) is 2.87. The molecular weight excluding hydrogens is 238 g/mol. The molecule has 0 aliphatic carbocycles. The lowest BCUT2D eigenvalue weighted by Crippen LogP contribution is -2.16. The number of nitrogens with zero attached hydrogens (tertiary/aromatic N) is 1. The first kappa shape index (κ1) is 12.8. The van der Waals surface area contributed by atoms with Crippen molar-refractivity contribution in [2.45, 2.75) is 19.1 Å². The molecule has 1 rings (SSSR count). The Balaban J connectivity index is 3.39. The van der Waals surface area contributed by atoms with Gasteiger partial charge in [0.25, 0.3) is 6.43 Å². The van der Waals surface area contributed by atoms with E-state index in [4.69, 9.17) is 5.73 Å². The van der Waals surface area contributed by atoms with Gasteiger partial charge in [0.2, 0.25) is 0 Å². The maximum atomic E-state index is 12.9. The molecule has 1 aromatic heterocycles. The van der Waals surface area contributed by atoms with E-state index < -0.39 is 41.9 Å². The first-order chi connectivity index (χ1) is 7.27. The molecule has 0 unspecified atom stereocenters. The number of hydrogen-bond acceptors (Lipinski definition) is 2. The number of hydrogen-bond donors (Lipinski definition) is 1. The molecule has 0 spiro atoms. The minimum Gasteiger partial charge on any atom is -0.326 e. The van der Waals surface area contributed by atoms with Crippen LogP contribution in [-0.2, 0) is 12.7 Å². The van der Waals surface area contributed by atoms with E-state index in [0.717, 1.165) is 0 Å². The van der Waals surface area contributed by atoms with Gasteiger partial charge in [-0.15, -0.1) is 0 Å². The Morgan fingerprint density at radius 1 is 1.31 bits per heavy atom. The molecule has 0 saturated carbocycles. The van der Waals surface area contributed by atoms with Crippen LogP contribution in [0.4, 0.5) is 26.3 Å². The lowest BCUT2D eigenvalue weighted by Gasteiger charge is -2.12. The van der Waals surface area contributed by atoms with Crippen molar-refractivity contribution in [2.75, 3.05) is 0 Å². The van der Waals surface area contributed by atoms with Crippen LogP contribution in [-0.4, -0.2) is 4.98 Å². The van der Waals surface area contributed by atoms with Crippen LogP contribution in [0.15, 0.2) is 6.07 Å². The Bertz CT molecular complexity index is 387. The Labute approximate surface area is 86.1 Å². The zero-order chi connectivity index (χ0) is 12.5. The highest BCUT2D eigenvalue weighted by atomic mass is 19.4. The molecular formula is C8H6F6N2. The van der Waals surface area contributed by atoms with E-state index in [1.807, 2.05) is 0 Å². The van der Waals surface area contributed by atoms with E-state index in [1.165, 1.54) is 0 Å². The molecule has 1 heterocycles. The number of alkyl halides is 5. The van der Waals surface area contributed by atoms with E-state index in [9.17, 15) is 26.3 Å². The number of rotatable bonds is 2. The van der Waals surface area contributed by atoms with E-state index in [1.54, 1.807) is 0 Å². The van der Waals surface area contributed by atoms with Crippen molar-refractivity contribution in [3.63, 3.8) is 0 Å². The van der Waals surface area contributed by atoms with Crippen molar-refractivity contribution >= 4 is 0 Å². The van der Waals surface area contributed by atoms with Crippen molar-refractivity contribution in [3.8, 4) is 0 Å². The summed E-state index contributed by atoms with van der Waals surface area (Å²) in [7, 11) is 0. The van der Waals surface area contributed by atoms with Crippen LogP contribution in [0, 0.1) is 5.82 Å². The third-order valence-electron chi connectivity index (χ3n) is 1.78. The van der Waals surface area contributed by atoms with Crippen LogP contribution < -0.4 is 5.73 Å². The first-order valence-electron chi connectivity index (χ1n) is 4.02. The normalized spacial score (nSPS) is 12.2. The standard InChI is InChI=1S/C8H6F6N2/c9-4-1-3(2-15)5(7(10)11)16-6(4)8(12,13)14/h1,7H,2,15H2. The molecule has 16 heavy (non-hydrogen) atoms. The molecule has 90 valence electrons. The number of halogens is 6. The molecule has 0 bridgehead atoms. The molecule has 1 aromatic rings. The van der Waals surface area contributed by atoms with Crippen LogP contribution in [0.1, 0.15) is 23.4 Å². The molecule has 0 aliphatic heterocycles. The summed E-state index contributed by atoms with van der Waals surface area (Å²) in [6.07, 6.45) is -8.35. The highest BCUT2D eigenvalue weighted by Crippen LogP contribution is 2.32. The van der Waals surface area contributed by atoms with Gasteiger partial charge >= 0.3 is 6.18 Å². The monoisotopic (exact) mass is 244 g/mol. The number of aromatic nitrogens is 1. The van der Waals surface area contributed by atoms with Gasteiger partial charge in [0.15, 0.2) is 11.5 Å². The van der Waals surface area contributed by atoms with Gasteiger partial charge in [0.05, 0.1) is 0 Å². The van der Waals surface area contributed by atoms with Crippen molar-refractivity contribution in [3.05, 3.63) is 28.8 Å². The average Bonchev–Trinajstić information content (AvgIpc) is 2.14. The fraction of sp³-hybridized carbons (Fsp3) is 0.375. The van der Waals surface area contributed by atoms with Gasteiger partial charge in [0.1, 0.15) is 5.69 Å². The van der Waals surface area contributed by atoms with Gasteiger partial charge in [-0.1, -0.05) is 0 Å². The average molecular weight is 244 g/mol. The van der Waals surface area contributed by atoms with Crippen LogP contribution >= 0.6 is 0 Å². The first-order valence-corrected chi connectivity index (χ1v) is 4.02. The molecule has 0 aliphatic rings. The second kappa shape index (κ2) is 4.28. The predicted octanol–water partition coefficient (Wildman–Crippen LogP) is 2.64. The van der Waals surface area contributed by atoms with E-state index in [0.29, 0.717) is 6.07 Å². The second-order valence-electron chi connectivity index (χ2n) is 2.87. The Hall–Kier alpha value is -1.31. The fourth-order valence-corrected chi connectivity index (χ4v) is 1.09. The van der Waals surface area contributed by atoms with E-state index in [2.05, 4.69) is 4.98 Å². The Kier molecular flexibility index (Phi) is 3.41. The van der Waals surface area contributed by atoms with Gasteiger partial charge in [0, 0.05) is 6.54 Å².